The van der Waals surface area contributed by atoms with Crippen LogP contribution in [-0.2, 0) is 0 Å². The van der Waals surface area contributed by atoms with Crippen LogP contribution in [0.2, 0.25) is 10.0 Å². The van der Waals surface area contributed by atoms with Crippen molar-refractivity contribution in [2.45, 2.75) is 0 Å². The third-order valence-electron chi connectivity index (χ3n) is 3.49. The van der Waals surface area contributed by atoms with Crippen LogP contribution in [0.3, 0.4) is 0 Å². The number of benzene rings is 1. The summed E-state index contributed by atoms with van der Waals surface area (Å²) >= 11 is 11.9. The molecule has 1 aromatic carbocycles. The fourth-order valence-electron chi connectivity index (χ4n) is 2.34. The van der Waals surface area contributed by atoms with Gasteiger partial charge in [-0.05, 0) is 18.2 Å². The quantitative estimate of drug-likeness (QED) is 0.508. The summed E-state index contributed by atoms with van der Waals surface area (Å²) in [4.78, 5) is 27.2. The molecule has 2 heterocycles. The summed E-state index contributed by atoms with van der Waals surface area (Å²) in [6.45, 7) is 0. The molecule has 0 unspecified atom stereocenters. The number of para-hydroxylation sites is 1. The number of rotatable bonds is 5. The molecule has 0 saturated carbocycles. The number of nitro groups is 1. The number of pyridine rings is 1. The monoisotopic (exact) mass is 407 g/mol. The van der Waals surface area contributed by atoms with Gasteiger partial charge in [-0.1, -0.05) is 29.3 Å². The third kappa shape index (κ3) is 3.83. The van der Waals surface area contributed by atoms with Gasteiger partial charge in [0.25, 0.3) is 5.91 Å². The van der Waals surface area contributed by atoms with Gasteiger partial charge in [-0.3, -0.25) is 14.9 Å². The molecule has 0 aliphatic heterocycles. The first-order valence-electron chi connectivity index (χ1n) is 7.39. The average Bonchev–Trinajstić information content (AvgIpc) is 3.08. The van der Waals surface area contributed by atoms with Crippen LogP contribution in [0.15, 0.2) is 42.9 Å². The zero-order chi connectivity index (χ0) is 19.6. The lowest BCUT2D eigenvalue weighted by Gasteiger charge is -2.07. The summed E-state index contributed by atoms with van der Waals surface area (Å²) in [5.41, 5.74) is -0.271. The van der Waals surface area contributed by atoms with Crippen molar-refractivity contribution in [1.82, 2.24) is 14.8 Å². The van der Waals surface area contributed by atoms with Gasteiger partial charge in [0.2, 0.25) is 0 Å². The highest BCUT2D eigenvalue weighted by molar-refractivity contribution is 6.35. The molecule has 27 heavy (non-hydrogen) atoms. The fraction of sp³-hybridized carbons (Fsp3) is 0.0625. The molecule has 3 aromatic rings. The van der Waals surface area contributed by atoms with Gasteiger partial charge in [0, 0.05) is 6.20 Å². The second-order valence-electron chi connectivity index (χ2n) is 5.20. The summed E-state index contributed by atoms with van der Waals surface area (Å²) in [5.74, 6) is -0.385. The van der Waals surface area contributed by atoms with E-state index in [0.29, 0.717) is 16.5 Å². The molecule has 11 heteroatoms. The van der Waals surface area contributed by atoms with E-state index in [0.717, 1.165) is 0 Å². The van der Waals surface area contributed by atoms with E-state index in [-0.39, 0.29) is 16.3 Å². The van der Waals surface area contributed by atoms with Crippen LogP contribution in [0.1, 0.15) is 10.4 Å². The molecule has 138 valence electrons. The van der Waals surface area contributed by atoms with Crippen LogP contribution in [0.5, 0.6) is 5.75 Å². The van der Waals surface area contributed by atoms with E-state index in [1.165, 1.54) is 54.6 Å². The molecule has 0 saturated heterocycles. The second kappa shape index (κ2) is 7.60. The summed E-state index contributed by atoms with van der Waals surface area (Å²) in [5, 5.41) is 18.6. The molecule has 0 fully saturated rings. The smallest absolute Gasteiger partial charge is 0.323 e. The van der Waals surface area contributed by atoms with Crippen molar-refractivity contribution in [3.05, 3.63) is 68.6 Å². The molecule has 0 bridgehead atoms. The average molecular weight is 408 g/mol. The highest BCUT2D eigenvalue weighted by Gasteiger charge is 2.25. The van der Waals surface area contributed by atoms with Crippen molar-refractivity contribution in [1.29, 1.82) is 0 Å². The van der Waals surface area contributed by atoms with Crippen LogP contribution in [-0.4, -0.2) is 32.7 Å². The molecule has 0 radical (unpaired) electrons. The lowest BCUT2D eigenvalue weighted by atomic mass is 10.1. The molecule has 1 N–H and O–H groups in total. The maximum atomic E-state index is 12.5. The van der Waals surface area contributed by atoms with Crippen LogP contribution >= 0.6 is 23.2 Å². The van der Waals surface area contributed by atoms with E-state index in [4.69, 9.17) is 27.9 Å². The number of aromatic nitrogens is 3. The maximum absolute atomic E-state index is 12.5. The van der Waals surface area contributed by atoms with Gasteiger partial charge < -0.3 is 10.1 Å². The van der Waals surface area contributed by atoms with E-state index in [1.807, 2.05) is 0 Å². The molecule has 3 rings (SSSR count). The molecule has 0 aliphatic rings. The zero-order valence-corrected chi connectivity index (χ0v) is 15.2. The van der Waals surface area contributed by atoms with Crippen LogP contribution in [0.25, 0.3) is 5.82 Å². The zero-order valence-electron chi connectivity index (χ0n) is 13.7. The summed E-state index contributed by atoms with van der Waals surface area (Å²) in [6, 6.07) is 5.73. The predicted octanol–water partition coefficient (Wildman–Crippen LogP) is 3.74. The Bertz CT molecular complexity index is 1040. The Morgan fingerprint density at radius 1 is 1.33 bits per heavy atom. The van der Waals surface area contributed by atoms with Crippen molar-refractivity contribution >= 4 is 40.5 Å². The van der Waals surface area contributed by atoms with Gasteiger partial charge in [-0.2, -0.15) is 5.10 Å². The maximum Gasteiger partial charge on any atom is 0.323 e. The number of nitro benzene ring substituents is 1. The molecule has 2 aromatic heterocycles. The number of halogens is 2. The van der Waals surface area contributed by atoms with E-state index >= 15 is 0 Å². The van der Waals surface area contributed by atoms with Gasteiger partial charge in [0.15, 0.2) is 11.6 Å². The van der Waals surface area contributed by atoms with E-state index in [2.05, 4.69) is 15.4 Å². The first-order chi connectivity index (χ1) is 12.9. The number of amides is 1. The van der Waals surface area contributed by atoms with E-state index in [1.54, 1.807) is 0 Å². The van der Waals surface area contributed by atoms with Crippen LogP contribution in [0.4, 0.5) is 11.4 Å². The van der Waals surface area contributed by atoms with Crippen molar-refractivity contribution < 1.29 is 14.5 Å². The lowest BCUT2D eigenvalue weighted by molar-refractivity contribution is -0.386. The number of anilines is 1. The number of methoxy groups -OCH3 is 1. The minimum Gasteiger partial charge on any atom is -0.490 e. The highest BCUT2D eigenvalue weighted by Crippen LogP contribution is 2.31. The highest BCUT2D eigenvalue weighted by atomic mass is 35.5. The molecule has 0 atom stereocenters. The first-order valence-corrected chi connectivity index (χ1v) is 8.15. The summed E-state index contributed by atoms with van der Waals surface area (Å²) < 4.78 is 6.30. The fourth-order valence-corrected chi connectivity index (χ4v) is 2.80. The van der Waals surface area contributed by atoms with Gasteiger partial charge in [0.1, 0.15) is 5.56 Å². The minimum absolute atomic E-state index is 0.0134. The summed E-state index contributed by atoms with van der Waals surface area (Å²) in [7, 11) is 1.29. The van der Waals surface area contributed by atoms with Crippen LogP contribution < -0.4 is 10.1 Å². The number of hydrogen-bond acceptors (Lipinski definition) is 6. The molecule has 0 spiro atoms. The van der Waals surface area contributed by atoms with Gasteiger partial charge >= 0.3 is 5.69 Å². The van der Waals surface area contributed by atoms with Crippen molar-refractivity contribution in [2.75, 3.05) is 12.4 Å². The van der Waals surface area contributed by atoms with E-state index in [9.17, 15) is 14.9 Å². The lowest BCUT2D eigenvalue weighted by Crippen LogP contribution is -2.14. The number of nitrogens with one attached hydrogen (secondary N) is 1. The van der Waals surface area contributed by atoms with Gasteiger partial charge in [-0.25, -0.2) is 9.67 Å². The van der Waals surface area contributed by atoms with Gasteiger partial charge in [-0.15, -0.1) is 0 Å². The van der Waals surface area contributed by atoms with Gasteiger partial charge in [0.05, 0.1) is 40.2 Å². The summed E-state index contributed by atoms with van der Waals surface area (Å²) in [6.07, 6.45) is 4.23. The topological polar surface area (TPSA) is 112 Å². The Labute approximate surface area is 162 Å². The molecule has 9 nitrogen and oxygen atoms in total. The molecule has 0 aliphatic carbocycles. The third-order valence-corrected chi connectivity index (χ3v) is 3.98. The Morgan fingerprint density at radius 2 is 2.11 bits per heavy atom. The Morgan fingerprint density at radius 3 is 2.78 bits per heavy atom. The minimum atomic E-state index is -0.685. The normalized spacial score (nSPS) is 10.5. The standard InChI is InChI=1S/C16H11Cl2N5O4/c1-27-13-4-2-3-11(14(13)23(25)26)16(24)21-10-7-20-22(8-10)15-12(18)5-9(17)6-19-15/h2-8H,1H3,(H,21,24). The van der Waals surface area contributed by atoms with Crippen LogP contribution in [0, 0.1) is 10.1 Å². The number of carbonyl (C=O) groups excluding carboxylic acids is 1. The first kappa shape index (κ1) is 18.6. The number of carbonyl (C=O) groups is 1. The largest absolute Gasteiger partial charge is 0.490 e. The van der Waals surface area contributed by atoms with Crippen molar-refractivity contribution in [3.8, 4) is 11.6 Å². The predicted molar refractivity (Wildman–Crippen MR) is 99.0 cm³/mol. The van der Waals surface area contributed by atoms with E-state index < -0.39 is 16.5 Å². The number of hydrogen-bond donors (Lipinski definition) is 1. The van der Waals surface area contributed by atoms with Crippen molar-refractivity contribution in [2.24, 2.45) is 0 Å². The number of nitrogens with zero attached hydrogens (tertiary/aromatic N) is 4. The SMILES string of the molecule is COc1cccc(C(=O)Nc2cnn(-c3ncc(Cl)cc3Cl)c2)c1[N+](=O)[O-]. The Kier molecular flexibility index (Phi) is 5.24. The molecule has 1 amide bonds. The molecular formula is C16H11Cl2N5O4. The second-order valence-corrected chi connectivity index (χ2v) is 6.04. The Balaban J connectivity index is 1.88. The molecular weight excluding hydrogens is 397 g/mol. The van der Waals surface area contributed by atoms with Crippen molar-refractivity contribution in [3.63, 3.8) is 0 Å². The Hall–Kier alpha value is -3.17. The number of ether oxygens (including phenoxy) is 1.